The molecule has 2 N–H and O–H groups in total. The molecule has 0 aliphatic carbocycles. The lowest BCUT2D eigenvalue weighted by Gasteiger charge is -2.19. The SMILES string of the molecule is C[C@H](NC1CCc2ccccc2NC1=O)c1ccco1. The summed E-state index contributed by atoms with van der Waals surface area (Å²) in [5.74, 6) is 0.868. The van der Waals surface area contributed by atoms with Crippen LogP contribution in [0.5, 0.6) is 0 Å². The Morgan fingerprint density at radius 3 is 2.95 bits per heavy atom. The topological polar surface area (TPSA) is 54.3 Å². The number of fused-ring (bicyclic) bond motifs is 1. The van der Waals surface area contributed by atoms with Crippen LogP contribution in [0, 0.1) is 0 Å². The summed E-state index contributed by atoms with van der Waals surface area (Å²) in [6, 6.07) is 11.5. The van der Waals surface area contributed by atoms with Gasteiger partial charge in [0.15, 0.2) is 0 Å². The third-order valence-electron chi connectivity index (χ3n) is 3.72. The molecule has 0 bridgehead atoms. The highest BCUT2D eigenvalue weighted by molar-refractivity contribution is 5.96. The average Bonchev–Trinajstić information content (AvgIpc) is 2.93. The van der Waals surface area contributed by atoms with Crippen molar-refractivity contribution in [2.75, 3.05) is 5.32 Å². The van der Waals surface area contributed by atoms with Crippen molar-refractivity contribution in [2.45, 2.75) is 31.8 Å². The van der Waals surface area contributed by atoms with Crippen molar-refractivity contribution in [2.24, 2.45) is 0 Å². The van der Waals surface area contributed by atoms with Gasteiger partial charge < -0.3 is 9.73 Å². The molecule has 0 saturated heterocycles. The van der Waals surface area contributed by atoms with Crippen LogP contribution in [0.1, 0.15) is 30.7 Å². The third-order valence-corrected chi connectivity index (χ3v) is 3.72. The van der Waals surface area contributed by atoms with Gasteiger partial charge in [-0.25, -0.2) is 0 Å². The van der Waals surface area contributed by atoms with Gasteiger partial charge in [0, 0.05) is 5.69 Å². The molecular weight excluding hydrogens is 252 g/mol. The lowest BCUT2D eigenvalue weighted by molar-refractivity contribution is -0.118. The zero-order valence-corrected chi connectivity index (χ0v) is 11.4. The fourth-order valence-electron chi connectivity index (χ4n) is 2.59. The van der Waals surface area contributed by atoms with E-state index in [1.807, 2.05) is 37.3 Å². The Hall–Kier alpha value is -2.07. The second kappa shape index (κ2) is 5.51. The molecule has 104 valence electrons. The van der Waals surface area contributed by atoms with E-state index in [4.69, 9.17) is 4.42 Å². The van der Waals surface area contributed by atoms with Crippen LogP contribution in [0.25, 0.3) is 0 Å². The number of anilines is 1. The third kappa shape index (κ3) is 2.60. The number of rotatable bonds is 3. The summed E-state index contributed by atoms with van der Waals surface area (Å²) < 4.78 is 5.37. The first-order chi connectivity index (χ1) is 9.74. The Labute approximate surface area is 118 Å². The molecule has 0 spiro atoms. The molecule has 3 rings (SSSR count). The smallest absolute Gasteiger partial charge is 0.241 e. The minimum atomic E-state index is -0.206. The van der Waals surface area contributed by atoms with Crippen molar-refractivity contribution >= 4 is 11.6 Å². The standard InChI is InChI=1S/C16H18N2O2/c1-11(15-7-4-10-20-15)17-14-9-8-12-5-2-3-6-13(12)18-16(14)19/h2-7,10-11,14,17H,8-9H2,1H3,(H,18,19)/t11-,14?/m0/s1. The Balaban J connectivity index is 1.72. The highest BCUT2D eigenvalue weighted by Gasteiger charge is 2.25. The van der Waals surface area contributed by atoms with Gasteiger partial charge in [0.2, 0.25) is 5.91 Å². The van der Waals surface area contributed by atoms with E-state index in [-0.39, 0.29) is 18.0 Å². The molecule has 2 atom stereocenters. The van der Waals surface area contributed by atoms with Crippen molar-refractivity contribution < 1.29 is 9.21 Å². The molecule has 1 amide bonds. The summed E-state index contributed by atoms with van der Waals surface area (Å²) in [6.07, 6.45) is 3.32. The van der Waals surface area contributed by atoms with Crippen LogP contribution in [0.4, 0.5) is 5.69 Å². The zero-order chi connectivity index (χ0) is 13.9. The number of hydrogen-bond donors (Lipinski definition) is 2. The molecule has 4 heteroatoms. The van der Waals surface area contributed by atoms with Crippen LogP contribution >= 0.6 is 0 Å². The van der Waals surface area contributed by atoms with Gasteiger partial charge in [0.05, 0.1) is 18.3 Å². The lowest BCUT2D eigenvalue weighted by atomic mass is 10.1. The van der Waals surface area contributed by atoms with Crippen LogP contribution in [0.15, 0.2) is 47.1 Å². The first-order valence-electron chi connectivity index (χ1n) is 6.92. The van der Waals surface area contributed by atoms with Gasteiger partial charge in [-0.3, -0.25) is 10.1 Å². The van der Waals surface area contributed by atoms with E-state index in [9.17, 15) is 4.79 Å². The van der Waals surface area contributed by atoms with Gasteiger partial charge >= 0.3 is 0 Å². The number of aryl methyl sites for hydroxylation is 1. The quantitative estimate of drug-likeness (QED) is 0.901. The molecule has 2 aromatic rings. The second-order valence-electron chi connectivity index (χ2n) is 5.14. The summed E-state index contributed by atoms with van der Waals surface area (Å²) >= 11 is 0. The predicted molar refractivity (Wildman–Crippen MR) is 77.4 cm³/mol. The predicted octanol–water partition coefficient (Wildman–Crippen LogP) is 2.88. The van der Waals surface area contributed by atoms with Crippen LogP contribution < -0.4 is 10.6 Å². The molecule has 1 unspecified atom stereocenters. The van der Waals surface area contributed by atoms with Gasteiger partial charge in [-0.1, -0.05) is 18.2 Å². The van der Waals surface area contributed by atoms with Gasteiger partial charge in [-0.2, -0.15) is 0 Å². The minimum absolute atomic E-state index is 0.0157. The van der Waals surface area contributed by atoms with Crippen molar-refractivity contribution in [3.63, 3.8) is 0 Å². The lowest BCUT2D eigenvalue weighted by Crippen LogP contribution is -2.41. The highest BCUT2D eigenvalue weighted by atomic mass is 16.3. The van der Waals surface area contributed by atoms with E-state index in [1.54, 1.807) is 6.26 Å². The fraction of sp³-hybridized carbons (Fsp3) is 0.312. The summed E-state index contributed by atoms with van der Waals surface area (Å²) in [7, 11) is 0. The molecule has 1 aromatic heterocycles. The number of para-hydroxylation sites is 1. The number of amides is 1. The van der Waals surface area contributed by atoms with Crippen molar-refractivity contribution in [1.82, 2.24) is 5.32 Å². The van der Waals surface area contributed by atoms with Crippen LogP contribution in [0.2, 0.25) is 0 Å². The minimum Gasteiger partial charge on any atom is -0.468 e. The van der Waals surface area contributed by atoms with Crippen LogP contribution in [-0.4, -0.2) is 11.9 Å². The van der Waals surface area contributed by atoms with E-state index in [0.717, 1.165) is 24.3 Å². The molecule has 20 heavy (non-hydrogen) atoms. The second-order valence-corrected chi connectivity index (χ2v) is 5.14. The van der Waals surface area contributed by atoms with E-state index in [0.29, 0.717) is 0 Å². The summed E-state index contributed by atoms with van der Waals surface area (Å²) in [5.41, 5.74) is 2.11. The number of carbonyl (C=O) groups is 1. The Kier molecular flexibility index (Phi) is 3.56. The Bertz CT molecular complexity index is 592. The molecule has 0 fully saturated rings. The molecule has 4 nitrogen and oxygen atoms in total. The maximum Gasteiger partial charge on any atom is 0.241 e. The van der Waals surface area contributed by atoms with Crippen molar-refractivity contribution in [3.05, 3.63) is 54.0 Å². The van der Waals surface area contributed by atoms with Crippen molar-refractivity contribution in [1.29, 1.82) is 0 Å². The summed E-state index contributed by atoms with van der Waals surface area (Å²) in [6.45, 7) is 2.00. The molecule has 2 heterocycles. The first kappa shape index (κ1) is 12.9. The number of furan rings is 1. The van der Waals surface area contributed by atoms with E-state index >= 15 is 0 Å². The van der Waals surface area contributed by atoms with Gasteiger partial charge in [0.1, 0.15) is 5.76 Å². The summed E-state index contributed by atoms with van der Waals surface area (Å²) in [4.78, 5) is 12.3. The largest absolute Gasteiger partial charge is 0.468 e. The molecule has 0 saturated carbocycles. The van der Waals surface area contributed by atoms with Gasteiger partial charge in [-0.15, -0.1) is 0 Å². The Morgan fingerprint density at radius 1 is 1.30 bits per heavy atom. The maximum absolute atomic E-state index is 12.3. The van der Waals surface area contributed by atoms with Gasteiger partial charge in [0.25, 0.3) is 0 Å². The first-order valence-corrected chi connectivity index (χ1v) is 6.92. The number of benzene rings is 1. The molecule has 1 aromatic carbocycles. The maximum atomic E-state index is 12.3. The van der Waals surface area contributed by atoms with Crippen molar-refractivity contribution in [3.8, 4) is 0 Å². The molecule has 1 aliphatic rings. The summed E-state index contributed by atoms with van der Waals surface area (Å²) in [5, 5.41) is 6.33. The molecule has 1 aliphatic heterocycles. The number of nitrogens with one attached hydrogen (secondary N) is 2. The fourth-order valence-corrected chi connectivity index (χ4v) is 2.59. The average molecular weight is 270 g/mol. The monoisotopic (exact) mass is 270 g/mol. The number of carbonyl (C=O) groups excluding carboxylic acids is 1. The van der Waals surface area contributed by atoms with E-state index < -0.39 is 0 Å². The highest BCUT2D eigenvalue weighted by Crippen LogP contribution is 2.23. The zero-order valence-electron chi connectivity index (χ0n) is 11.4. The number of hydrogen-bond acceptors (Lipinski definition) is 3. The normalized spacial score (nSPS) is 19.9. The van der Waals surface area contributed by atoms with Crippen LogP contribution in [-0.2, 0) is 11.2 Å². The molecular formula is C16H18N2O2. The Morgan fingerprint density at radius 2 is 2.15 bits per heavy atom. The van der Waals surface area contributed by atoms with Crippen LogP contribution in [0.3, 0.4) is 0 Å². The van der Waals surface area contributed by atoms with E-state index in [1.165, 1.54) is 5.56 Å². The van der Waals surface area contributed by atoms with Gasteiger partial charge in [-0.05, 0) is 43.5 Å². The molecule has 0 radical (unpaired) electrons. The van der Waals surface area contributed by atoms with E-state index in [2.05, 4.69) is 16.7 Å².